The summed E-state index contributed by atoms with van der Waals surface area (Å²) in [4.78, 5) is 82.0. The van der Waals surface area contributed by atoms with Gasteiger partial charge < -0.3 is 47.1 Å². The van der Waals surface area contributed by atoms with Crippen LogP contribution >= 0.6 is 0 Å². The molecule has 52 heavy (non-hydrogen) atoms. The van der Waals surface area contributed by atoms with Crippen molar-refractivity contribution in [2.75, 3.05) is 32.8 Å². The first-order valence-electron chi connectivity index (χ1n) is 17.6. The van der Waals surface area contributed by atoms with Gasteiger partial charge in [0.1, 0.15) is 36.8 Å². The molecule has 2 aromatic carbocycles. The highest BCUT2D eigenvalue weighted by atomic mass is 16.5. The van der Waals surface area contributed by atoms with Gasteiger partial charge in [0.25, 0.3) is 0 Å². The van der Waals surface area contributed by atoms with E-state index in [9.17, 15) is 33.9 Å². The molecule has 8 N–H and O–H groups in total. The van der Waals surface area contributed by atoms with E-state index in [1.807, 2.05) is 75.4 Å². The van der Waals surface area contributed by atoms with Crippen LogP contribution in [-0.2, 0) is 39.9 Å². The number of hydrogen-bond donors (Lipinski definition) is 7. The van der Waals surface area contributed by atoms with E-state index in [1.54, 1.807) is 0 Å². The lowest BCUT2D eigenvalue weighted by atomic mass is 9.81. The van der Waals surface area contributed by atoms with Crippen molar-refractivity contribution in [2.24, 2.45) is 11.1 Å². The average molecular weight is 722 g/mol. The lowest BCUT2D eigenvalue weighted by Crippen LogP contribution is -2.60. The van der Waals surface area contributed by atoms with Crippen molar-refractivity contribution >= 4 is 35.4 Å². The molecule has 0 bridgehead atoms. The third kappa shape index (κ3) is 10.4. The largest absolute Gasteiger partial charge is 0.391 e. The topological polar surface area (TPSA) is 221 Å². The lowest BCUT2D eigenvalue weighted by molar-refractivity contribution is -0.145. The van der Waals surface area contributed by atoms with E-state index in [0.717, 1.165) is 11.1 Å². The zero-order valence-electron chi connectivity index (χ0n) is 30.1. The minimum absolute atomic E-state index is 0.00270. The summed E-state index contributed by atoms with van der Waals surface area (Å²) in [7, 11) is 0. The maximum atomic E-state index is 14.1. The van der Waals surface area contributed by atoms with Gasteiger partial charge in [0.2, 0.25) is 35.4 Å². The smallest absolute Gasteiger partial charge is 0.246 e. The number of hydrogen-bond acceptors (Lipinski definition) is 9. The van der Waals surface area contributed by atoms with Gasteiger partial charge in [-0.25, -0.2) is 0 Å². The first kappa shape index (κ1) is 39.9. The number of benzene rings is 2. The molecule has 6 atom stereocenters. The van der Waals surface area contributed by atoms with Crippen LogP contribution in [0.2, 0.25) is 0 Å². The molecule has 0 aliphatic carbocycles. The standard InChI is InChI=1S/C37H51N7O8/c1-5-37(3,4)31-36(51)44-20-26(45)18-29(44)35(50)41-27(17-23-11-13-25(14-12-23)24-9-7-6-8-10-24)34(49)40-22(2)32(47)42-28(19-38)33(48)39-15-16-52-21-30(46)43-31/h6-14,22,26-29,31,45H,5,15-21,38H2,1-4H3,(H,39,48)(H,40,49)(H,41,50)(H,42,47)(H,43,46)/t22-,26-,27-,28-,29+,31-/m1/s1. The number of aliphatic hydroxyl groups is 1. The number of ether oxygens (including phenoxy) is 1. The molecule has 0 saturated carbocycles. The normalized spacial score (nSPS) is 26.2. The van der Waals surface area contributed by atoms with Crippen molar-refractivity contribution in [3.8, 4) is 11.1 Å². The van der Waals surface area contributed by atoms with E-state index in [4.69, 9.17) is 10.5 Å². The highest BCUT2D eigenvalue weighted by Gasteiger charge is 2.46. The quantitative estimate of drug-likeness (QED) is 0.201. The molecular formula is C37H51N7O8. The van der Waals surface area contributed by atoms with E-state index in [1.165, 1.54) is 11.8 Å². The SMILES string of the molecule is CCC(C)(C)[C@@H]1NC(=O)COCCNC(=O)[C@@H](CN)NC(=O)[C@@H](C)NC(=O)[C@@H](Cc2ccc(-c3ccccc3)cc2)NC(=O)[C@@H]2C[C@@H](O)CN2C1=O. The van der Waals surface area contributed by atoms with Gasteiger partial charge in [0.15, 0.2) is 0 Å². The summed E-state index contributed by atoms with van der Waals surface area (Å²) >= 11 is 0. The molecule has 4 rings (SSSR count). The third-order valence-electron chi connectivity index (χ3n) is 9.64. The van der Waals surface area contributed by atoms with E-state index >= 15 is 0 Å². The van der Waals surface area contributed by atoms with E-state index in [2.05, 4.69) is 26.6 Å². The molecule has 2 heterocycles. The predicted octanol–water partition coefficient (Wildman–Crippen LogP) is -0.642. The molecule has 2 fully saturated rings. The molecule has 0 unspecified atom stereocenters. The van der Waals surface area contributed by atoms with Crippen molar-refractivity contribution < 1.29 is 38.6 Å². The summed E-state index contributed by atoms with van der Waals surface area (Å²) in [5.41, 5.74) is 7.66. The second-order valence-electron chi connectivity index (χ2n) is 13.9. The van der Waals surface area contributed by atoms with Crippen molar-refractivity contribution in [2.45, 2.75) is 83.3 Å². The van der Waals surface area contributed by atoms with Gasteiger partial charge in [-0.15, -0.1) is 0 Å². The molecule has 2 aliphatic heterocycles. The Morgan fingerprint density at radius 1 is 0.846 bits per heavy atom. The van der Waals surface area contributed by atoms with Gasteiger partial charge in [-0.1, -0.05) is 75.4 Å². The Kier molecular flexibility index (Phi) is 13.9. The molecule has 0 aromatic heterocycles. The van der Waals surface area contributed by atoms with Gasteiger partial charge in [0.05, 0.1) is 12.7 Å². The summed E-state index contributed by atoms with van der Waals surface area (Å²) in [6, 6.07) is 11.5. The second-order valence-corrected chi connectivity index (χ2v) is 13.9. The second kappa shape index (κ2) is 18.1. The summed E-state index contributed by atoms with van der Waals surface area (Å²) in [6.07, 6.45) is -0.599. The van der Waals surface area contributed by atoms with Crippen LogP contribution in [0.15, 0.2) is 54.6 Å². The number of rotatable bonds is 6. The van der Waals surface area contributed by atoms with Crippen molar-refractivity contribution in [1.82, 2.24) is 31.5 Å². The van der Waals surface area contributed by atoms with Gasteiger partial charge in [0, 0.05) is 32.5 Å². The van der Waals surface area contributed by atoms with Crippen LogP contribution < -0.4 is 32.3 Å². The highest BCUT2D eigenvalue weighted by Crippen LogP contribution is 2.29. The Morgan fingerprint density at radius 3 is 2.15 bits per heavy atom. The van der Waals surface area contributed by atoms with Crippen LogP contribution in [0.5, 0.6) is 0 Å². The van der Waals surface area contributed by atoms with Gasteiger partial charge in [-0.05, 0) is 35.4 Å². The van der Waals surface area contributed by atoms with Crippen LogP contribution in [0.3, 0.4) is 0 Å². The highest BCUT2D eigenvalue weighted by molar-refractivity contribution is 5.97. The fraction of sp³-hybridized carbons (Fsp3) is 0.514. The van der Waals surface area contributed by atoms with Crippen molar-refractivity contribution in [3.63, 3.8) is 0 Å². The lowest BCUT2D eigenvalue weighted by Gasteiger charge is -2.37. The minimum Gasteiger partial charge on any atom is -0.391 e. The molecule has 2 aromatic rings. The van der Waals surface area contributed by atoms with E-state index in [0.29, 0.717) is 12.0 Å². The first-order chi connectivity index (χ1) is 24.7. The minimum atomic E-state index is -1.21. The predicted molar refractivity (Wildman–Crippen MR) is 192 cm³/mol. The summed E-state index contributed by atoms with van der Waals surface area (Å²) < 4.78 is 5.43. The number of aliphatic hydroxyl groups excluding tert-OH is 1. The Labute approximate surface area is 303 Å². The summed E-state index contributed by atoms with van der Waals surface area (Å²) in [5.74, 6) is -3.80. The number of carbonyl (C=O) groups excluding carboxylic acids is 6. The number of nitrogens with zero attached hydrogens (tertiary/aromatic N) is 1. The number of nitrogens with one attached hydrogen (secondary N) is 5. The molecule has 2 aliphatic rings. The van der Waals surface area contributed by atoms with Crippen LogP contribution in [0.4, 0.5) is 0 Å². The Bertz CT molecular complexity index is 1590. The maximum absolute atomic E-state index is 14.1. The molecule has 15 heteroatoms. The van der Waals surface area contributed by atoms with Crippen LogP contribution in [0.25, 0.3) is 11.1 Å². The van der Waals surface area contributed by atoms with Crippen molar-refractivity contribution in [3.05, 3.63) is 60.2 Å². The molecule has 0 radical (unpaired) electrons. The Balaban J connectivity index is 1.66. The average Bonchev–Trinajstić information content (AvgIpc) is 3.53. The molecular weight excluding hydrogens is 670 g/mol. The Hall–Kier alpha value is -4.86. The summed E-state index contributed by atoms with van der Waals surface area (Å²) in [5, 5.41) is 24.0. The zero-order valence-corrected chi connectivity index (χ0v) is 30.1. The Morgan fingerprint density at radius 2 is 1.50 bits per heavy atom. The number of amides is 6. The maximum Gasteiger partial charge on any atom is 0.246 e. The molecule has 0 spiro atoms. The number of fused-ring (bicyclic) bond motifs is 1. The van der Waals surface area contributed by atoms with Crippen LogP contribution in [0, 0.1) is 5.41 Å². The molecule has 6 amide bonds. The molecule has 282 valence electrons. The zero-order chi connectivity index (χ0) is 38.0. The van der Waals surface area contributed by atoms with Crippen LogP contribution in [-0.4, -0.2) is 115 Å². The van der Waals surface area contributed by atoms with Gasteiger partial charge in [-0.3, -0.25) is 28.8 Å². The van der Waals surface area contributed by atoms with Crippen LogP contribution in [0.1, 0.15) is 46.1 Å². The first-order valence-corrected chi connectivity index (χ1v) is 17.6. The van der Waals surface area contributed by atoms with E-state index in [-0.39, 0.29) is 39.1 Å². The molecule has 2 saturated heterocycles. The fourth-order valence-electron chi connectivity index (χ4n) is 6.09. The van der Waals surface area contributed by atoms with Gasteiger partial charge in [-0.2, -0.15) is 0 Å². The molecule has 15 nitrogen and oxygen atoms in total. The number of nitrogens with two attached hydrogens (primary N) is 1. The van der Waals surface area contributed by atoms with E-state index < -0.39 is 83.8 Å². The monoisotopic (exact) mass is 721 g/mol. The fourth-order valence-corrected chi connectivity index (χ4v) is 6.09. The van der Waals surface area contributed by atoms with Crippen molar-refractivity contribution in [1.29, 1.82) is 0 Å². The summed E-state index contributed by atoms with van der Waals surface area (Å²) in [6.45, 7) is 6.07. The third-order valence-corrected chi connectivity index (χ3v) is 9.64. The number of carbonyl (C=O) groups is 6. The van der Waals surface area contributed by atoms with Gasteiger partial charge >= 0.3 is 0 Å².